The van der Waals surface area contributed by atoms with E-state index in [1.54, 1.807) is 0 Å². The van der Waals surface area contributed by atoms with Gasteiger partial charge in [0.25, 0.3) is 0 Å². The third kappa shape index (κ3) is 2.67. The van der Waals surface area contributed by atoms with Crippen molar-refractivity contribution < 1.29 is 4.79 Å². The van der Waals surface area contributed by atoms with Crippen LogP contribution in [0.5, 0.6) is 0 Å². The molecule has 0 amide bonds. The van der Waals surface area contributed by atoms with Crippen LogP contribution >= 0.6 is 0 Å². The summed E-state index contributed by atoms with van der Waals surface area (Å²) < 4.78 is 0. The number of benzene rings is 2. The number of ketones is 1. The van der Waals surface area contributed by atoms with Crippen molar-refractivity contribution in [3.8, 4) is 0 Å². The van der Waals surface area contributed by atoms with Gasteiger partial charge >= 0.3 is 0 Å². The topological polar surface area (TPSA) is 17.1 Å². The molecule has 2 rings (SSSR count). The highest BCUT2D eigenvalue weighted by Crippen LogP contribution is 2.25. The van der Waals surface area contributed by atoms with Crippen LogP contribution in [0, 0.1) is 0 Å². The maximum absolute atomic E-state index is 12.4. The summed E-state index contributed by atoms with van der Waals surface area (Å²) in [5, 5.41) is 0. The van der Waals surface area contributed by atoms with E-state index in [-0.39, 0.29) is 17.6 Å². The van der Waals surface area contributed by atoms with Gasteiger partial charge < -0.3 is 0 Å². The largest absolute Gasteiger partial charge is 0.298 e. The molecule has 2 atom stereocenters. The first kappa shape index (κ1) is 12.6. The highest BCUT2D eigenvalue weighted by atomic mass is 16.1. The number of hydrogen-bond donors (Lipinski definition) is 0. The van der Waals surface area contributed by atoms with Gasteiger partial charge in [0.15, 0.2) is 0 Å². The Bertz CT molecular complexity index is 454. The van der Waals surface area contributed by atoms with Gasteiger partial charge in [-0.25, -0.2) is 0 Å². The van der Waals surface area contributed by atoms with Crippen LogP contribution < -0.4 is 0 Å². The lowest BCUT2D eigenvalue weighted by Crippen LogP contribution is -2.16. The second kappa shape index (κ2) is 5.63. The first-order valence-corrected chi connectivity index (χ1v) is 6.33. The van der Waals surface area contributed by atoms with E-state index in [2.05, 4.69) is 0 Å². The monoisotopic (exact) mass is 238 g/mol. The Morgan fingerprint density at radius 3 is 1.39 bits per heavy atom. The summed E-state index contributed by atoms with van der Waals surface area (Å²) in [5.41, 5.74) is 2.18. The van der Waals surface area contributed by atoms with Crippen LogP contribution in [0.15, 0.2) is 60.7 Å². The molecule has 2 aromatic carbocycles. The molecule has 0 aliphatic rings. The Morgan fingerprint density at radius 1 is 0.722 bits per heavy atom. The van der Waals surface area contributed by atoms with Crippen LogP contribution in [-0.2, 0) is 4.79 Å². The Labute approximate surface area is 108 Å². The fraction of sp³-hybridized carbons (Fsp3) is 0.235. The van der Waals surface area contributed by atoms with Crippen LogP contribution in [-0.4, -0.2) is 5.78 Å². The van der Waals surface area contributed by atoms with Gasteiger partial charge in [0.2, 0.25) is 0 Å². The molecular formula is C17H18O. The molecule has 18 heavy (non-hydrogen) atoms. The Kier molecular flexibility index (Phi) is 3.93. The normalized spacial score (nSPS) is 13.9. The van der Waals surface area contributed by atoms with E-state index >= 15 is 0 Å². The number of carbonyl (C=O) groups is 1. The van der Waals surface area contributed by atoms with E-state index < -0.39 is 0 Å². The van der Waals surface area contributed by atoms with E-state index in [9.17, 15) is 4.79 Å². The summed E-state index contributed by atoms with van der Waals surface area (Å²) in [5.74, 6) is 0.162. The maximum atomic E-state index is 12.4. The van der Waals surface area contributed by atoms with Gasteiger partial charge in [-0.05, 0) is 11.1 Å². The Morgan fingerprint density at radius 2 is 1.06 bits per heavy atom. The Balaban J connectivity index is 2.17. The van der Waals surface area contributed by atoms with Crippen molar-refractivity contribution in [2.75, 3.05) is 0 Å². The first-order chi connectivity index (χ1) is 8.70. The zero-order chi connectivity index (χ0) is 13.0. The maximum Gasteiger partial charge on any atom is 0.147 e. The molecule has 0 heterocycles. The van der Waals surface area contributed by atoms with Crippen LogP contribution in [0.3, 0.4) is 0 Å². The van der Waals surface area contributed by atoms with Gasteiger partial charge in [-0.3, -0.25) is 4.79 Å². The molecule has 0 fully saturated rings. The summed E-state index contributed by atoms with van der Waals surface area (Å²) in [6, 6.07) is 19.9. The highest BCUT2D eigenvalue weighted by molar-refractivity contribution is 5.91. The third-order valence-corrected chi connectivity index (χ3v) is 3.45. The van der Waals surface area contributed by atoms with Gasteiger partial charge in [-0.15, -0.1) is 0 Å². The van der Waals surface area contributed by atoms with Crippen LogP contribution in [0.4, 0.5) is 0 Å². The van der Waals surface area contributed by atoms with Crippen molar-refractivity contribution >= 4 is 5.78 Å². The average Bonchev–Trinajstić information content (AvgIpc) is 2.47. The molecule has 92 valence electrons. The van der Waals surface area contributed by atoms with Crippen LogP contribution in [0.2, 0.25) is 0 Å². The summed E-state index contributed by atoms with van der Waals surface area (Å²) in [6.07, 6.45) is 0. The lowest BCUT2D eigenvalue weighted by molar-refractivity contribution is -0.121. The molecule has 0 radical (unpaired) electrons. The van der Waals surface area contributed by atoms with Gasteiger partial charge in [-0.2, -0.15) is 0 Å². The minimum absolute atomic E-state index is 0.0543. The number of rotatable bonds is 4. The van der Waals surface area contributed by atoms with Crippen molar-refractivity contribution in [1.29, 1.82) is 0 Å². The first-order valence-electron chi connectivity index (χ1n) is 6.33. The zero-order valence-corrected chi connectivity index (χ0v) is 10.8. The van der Waals surface area contributed by atoms with Gasteiger partial charge in [-0.1, -0.05) is 74.5 Å². The average molecular weight is 238 g/mol. The van der Waals surface area contributed by atoms with Crippen LogP contribution in [0.25, 0.3) is 0 Å². The molecule has 0 N–H and O–H groups in total. The fourth-order valence-corrected chi connectivity index (χ4v) is 2.19. The van der Waals surface area contributed by atoms with Gasteiger partial charge in [0.05, 0.1) is 0 Å². The summed E-state index contributed by atoms with van der Waals surface area (Å²) >= 11 is 0. The van der Waals surface area contributed by atoms with Crippen molar-refractivity contribution in [3.05, 3.63) is 71.8 Å². The van der Waals surface area contributed by atoms with Crippen molar-refractivity contribution in [2.24, 2.45) is 0 Å². The second-order valence-electron chi connectivity index (χ2n) is 4.67. The fourth-order valence-electron chi connectivity index (χ4n) is 2.19. The molecule has 0 bridgehead atoms. The lowest BCUT2D eigenvalue weighted by Gasteiger charge is -2.16. The highest BCUT2D eigenvalue weighted by Gasteiger charge is 2.22. The predicted octanol–water partition coefficient (Wildman–Crippen LogP) is 4.16. The third-order valence-electron chi connectivity index (χ3n) is 3.45. The molecule has 0 unspecified atom stereocenters. The molecule has 0 aliphatic carbocycles. The van der Waals surface area contributed by atoms with Gasteiger partial charge in [0, 0.05) is 11.8 Å². The standard InChI is InChI=1S/C17H18O/c1-13(15-9-5-3-6-10-15)17(18)14(2)16-11-7-4-8-12-16/h3-14H,1-2H3/t13-,14+. The van der Waals surface area contributed by atoms with Crippen LogP contribution in [0.1, 0.15) is 36.8 Å². The lowest BCUT2D eigenvalue weighted by atomic mass is 9.86. The summed E-state index contributed by atoms with van der Waals surface area (Å²) in [7, 11) is 0. The van der Waals surface area contributed by atoms with E-state index in [1.807, 2.05) is 74.5 Å². The SMILES string of the molecule is C[C@H](C(=O)[C@H](C)c1ccccc1)c1ccccc1. The molecule has 0 aromatic heterocycles. The predicted molar refractivity (Wildman–Crippen MR) is 74.7 cm³/mol. The number of Topliss-reactive ketones (excluding diaryl/α,β-unsaturated/α-hetero) is 1. The van der Waals surface area contributed by atoms with Crippen molar-refractivity contribution in [1.82, 2.24) is 0 Å². The molecule has 1 heteroatoms. The summed E-state index contributed by atoms with van der Waals surface area (Å²) in [6.45, 7) is 3.97. The molecule has 0 saturated carbocycles. The second-order valence-corrected chi connectivity index (χ2v) is 4.67. The molecule has 1 nitrogen and oxygen atoms in total. The zero-order valence-electron chi connectivity index (χ0n) is 10.8. The smallest absolute Gasteiger partial charge is 0.147 e. The number of carbonyl (C=O) groups excluding carboxylic acids is 1. The minimum Gasteiger partial charge on any atom is -0.298 e. The molecule has 2 aromatic rings. The quantitative estimate of drug-likeness (QED) is 0.781. The van der Waals surface area contributed by atoms with E-state index in [0.29, 0.717) is 0 Å². The van der Waals surface area contributed by atoms with Crippen molar-refractivity contribution in [3.63, 3.8) is 0 Å². The molecular weight excluding hydrogens is 220 g/mol. The number of hydrogen-bond acceptors (Lipinski definition) is 1. The summed E-state index contributed by atoms with van der Waals surface area (Å²) in [4.78, 5) is 12.4. The molecule has 0 spiro atoms. The van der Waals surface area contributed by atoms with Gasteiger partial charge in [0.1, 0.15) is 5.78 Å². The Hall–Kier alpha value is -1.89. The van der Waals surface area contributed by atoms with Crippen molar-refractivity contribution in [2.45, 2.75) is 25.7 Å². The molecule has 0 saturated heterocycles. The van der Waals surface area contributed by atoms with E-state index in [4.69, 9.17) is 0 Å². The van der Waals surface area contributed by atoms with E-state index in [0.717, 1.165) is 11.1 Å². The molecule has 0 aliphatic heterocycles. The van der Waals surface area contributed by atoms with E-state index in [1.165, 1.54) is 0 Å². The minimum atomic E-state index is -0.0543.